The molecule has 0 radical (unpaired) electrons. The standard InChI is InChI=1S/C16H24N4O.ClH/c1-9(12-7-17-8-12)16(21)18-15-6-14(19-20-15)13-5-10-2-3-11(13)4-10;/h6,9-13,17H,2-5,7-8H2,1H3,(H2,18,19,20,21);1H. The summed E-state index contributed by atoms with van der Waals surface area (Å²) in [5, 5.41) is 13.6. The SMILES string of the molecule is CC(C(=O)Nc1cc(C2CC3CCC2C3)[nH]n1)C1CNC1.Cl. The summed E-state index contributed by atoms with van der Waals surface area (Å²) in [4.78, 5) is 12.2. The van der Waals surface area contributed by atoms with Crippen LogP contribution in [0.1, 0.15) is 44.2 Å². The fourth-order valence-electron chi connectivity index (χ4n) is 4.33. The predicted molar refractivity (Wildman–Crippen MR) is 88.2 cm³/mol. The number of hydrogen-bond donors (Lipinski definition) is 3. The second kappa shape index (κ2) is 6.20. The highest BCUT2D eigenvalue weighted by Gasteiger charge is 2.41. The van der Waals surface area contributed by atoms with Gasteiger partial charge < -0.3 is 10.6 Å². The van der Waals surface area contributed by atoms with Gasteiger partial charge in [-0.05, 0) is 50.1 Å². The molecule has 2 aliphatic carbocycles. The Morgan fingerprint density at radius 1 is 1.36 bits per heavy atom. The maximum absolute atomic E-state index is 12.2. The zero-order valence-corrected chi connectivity index (χ0v) is 13.8. The summed E-state index contributed by atoms with van der Waals surface area (Å²) in [6.45, 7) is 3.90. The van der Waals surface area contributed by atoms with Crippen molar-refractivity contribution in [2.24, 2.45) is 23.7 Å². The second-order valence-corrected chi connectivity index (χ2v) is 7.19. The zero-order chi connectivity index (χ0) is 14.4. The highest BCUT2D eigenvalue weighted by Crippen LogP contribution is 2.52. The number of hydrogen-bond acceptors (Lipinski definition) is 3. The molecule has 3 N–H and O–H groups in total. The van der Waals surface area contributed by atoms with E-state index in [1.165, 1.54) is 31.4 Å². The Morgan fingerprint density at radius 2 is 2.18 bits per heavy atom. The van der Waals surface area contributed by atoms with E-state index in [-0.39, 0.29) is 24.2 Å². The van der Waals surface area contributed by atoms with Gasteiger partial charge in [-0.1, -0.05) is 13.3 Å². The average Bonchev–Trinajstić information content (AvgIpc) is 3.11. The van der Waals surface area contributed by atoms with Gasteiger partial charge in [-0.25, -0.2) is 0 Å². The lowest BCUT2D eigenvalue weighted by molar-refractivity contribution is -0.121. The molecular formula is C16H25ClN4O. The van der Waals surface area contributed by atoms with Crippen molar-refractivity contribution in [2.45, 2.75) is 38.5 Å². The molecule has 1 aromatic rings. The molecule has 122 valence electrons. The van der Waals surface area contributed by atoms with Crippen molar-refractivity contribution in [1.29, 1.82) is 0 Å². The van der Waals surface area contributed by atoms with Crippen LogP contribution in [0.15, 0.2) is 6.07 Å². The Hall–Kier alpha value is -1.07. The van der Waals surface area contributed by atoms with Gasteiger partial charge in [0.2, 0.25) is 5.91 Å². The van der Waals surface area contributed by atoms with E-state index in [1.807, 2.05) is 6.92 Å². The van der Waals surface area contributed by atoms with Crippen molar-refractivity contribution in [2.75, 3.05) is 18.4 Å². The van der Waals surface area contributed by atoms with Crippen LogP contribution in [-0.2, 0) is 4.79 Å². The molecule has 3 fully saturated rings. The molecule has 0 spiro atoms. The normalized spacial score (nSPS) is 31.4. The van der Waals surface area contributed by atoms with Gasteiger partial charge in [0.1, 0.15) is 0 Å². The topological polar surface area (TPSA) is 69.8 Å². The van der Waals surface area contributed by atoms with E-state index in [0.717, 1.165) is 24.9 Å². The molecule has 6 heteroatoms. The summed E-state index contributed by atoms with van der Waals surface area (Å²) < 4.78 is 0. The molecular weight excluding hydrogens is 300 g/mol. The van der Waals surface area contributed by atoms with E-state index in [9.17, 15) is 4.79 Å². The third-order valence-corrected chi connectivity index (χ3v) is 5.92. The Bertz CT molecular complexity index is 542. The van der Waals surface area contributed by atoms with Crippen LogP contribution in [0, 0.1) is 23.7 Å². The fraction of sp³-hybridized carbons (Fsp3) is 0.750. The molecule has 3 aliphatic rings. The Balaban J connectivity index is 0.00000144. The van der Waals surface area contributed by atoms with Crippen LogP contribution in [0.4, 0.5) is 5.82 Å². The smallest absolute Gasteiger partial charge is 0.228 e. The Morgan fingerprint density at radius 3 is 2.77 bits per heavy atom. The largest absolute Gasteiger partial charge is 0.316 e. The molecule has 4 unspecified atom stereocenters. The number of fused-ring (bicyclic) bond motifs is 2. The maximum Gasteiger partial charge on any atom is 0.228 e. The summed E-state index contributed by atoms with van der Waals surface area (Å²) in [6, 6.07) is 2.05. The van der Waals surface area contributed by atoms with E-state index < -0.39 is 0 Å². The predicted octanol–water partition coefficient (Wildman–Crippen LogP) is 2.53. The highest BCUT2D eigenvalue weighted by atomic mass is 35.5. The number of nitrogens with zero attached hydrogens (tertiary/aromatic N) is 1. The fourth-order valence-corrected chi connectivity index (χ4v) is 4.33. The van der Waals surface area contributed by atoms with Crippen LogP contribution in [0.2, 0.25) is 0 Å². The minimum absolute atomic E-state index is 0. The third kappa shape index (κ3) is 2.76. The average molecular weight is 325 g/mol. The Kier molecular flexibility index (Phi) is 4.46. The van der Waals surface area contributed by atoms with Crippen LogP contribution in [0.25, 0.3) is 0 Å². The molecule has 2 saturated carbocycles. The number of carbonyl (C=O) groups excluding carboxylic acids is 1. The molecule has 5 nitrogen and oxygen atoms in total. The maximum atomic E-state index is 12.2. The number of anilines is 1. The Labute approximate surface area is 137 Å². The van der Waals surface area contributed by atoms with Crippen molar-refractivity contribution in [3.63, 3.8) is 0 Å². The van der Waals surface area contributed by atoms with Gasteiger partial charge in [-0.3, -0.25) is 9.89 Å². The van der Waals surface area contributed by atoms with Crippen molar-refractivity contribution in [1.82, 2.24) is 15.5 Å². The number of carbonyl (C=O) groups is 1. The van der Waals surface area contributed by atoms with Crippen LogP contribution < -0.4 is 10.6 Å². The molecule has 1 aromatic heterocycles. The molecule has 2 heterocycles. The lowest BCUT2D eigenvalue weighted by Crippen LogP contribution is -2.48. The summed E-state index contributed by atoms with van der Waals surface area (Å²) >= 11 is 0. The monoisotopic (exact) mass is 324 g/mol. The number of halogens is 1. The first kappa shape index (κ1) is 15.8. The first-order valence-electron chi connectivity index (χ1n) is 8.27. The van der Waals surface area contributed by atoms with Crippen molar-refractivity contribution >= 4 is 24.1 Å². The number of H-pyrrole nitrogens is 1. The number of rotatable bonds is 4. The number of aromatic amines is 1. The van der Waals surface area contributed by atoms with Gasteiger partial charge in [0.05, 0.1) is 0 Å². The summed E-state index contributed by atoms with van der Waals surface area (Å²) in [7, 11) is 0. The quantitative estimate of drug-likeness (QED) is 0.797. The van der Waals surface area contributed by atoms with E-state index in [0.29, 0.717) is 17.7 Å². The lowest BCUT2D eigenvalue weighted by Gasteiger charge is -2.31. The first-order valence-corrected chi connectivity index (χ1v) is 8.27. The first-order chi connectivity index (χ1) is 10.2. The van der Waals surface area contributed by atoms with Crippen molar-refractivity contribution < 1.29 is 4.79 Å². The van der Waals surface area contributed by atoms with Gasteiger partial charge in [0, 0.05) is 23.6 Å². The molecule has 2 bridgehead atoms. The van der Waals surface area contributed by atoms with Crippen LogP contribution in [0.3, 0.4) is 0 Å². The minimum atomic E-state index is 0. The lowest BCUT2D eigenvalue weighted by atomic mass is 9.86. The van der Waals surface area contributed by atoms with Crippen LogP contribution in [-0.4, -0.2) is 29.2 Å². The number of aromatic nitrogens is 2. The molecule has 0 aromatic carbocycles. The third-order valence-electron chi connectivity index (χ3n) is 5.92. The molecule has 4 rings (SSSR count). The number of nitrogens with one attached hydrogen (secondary N) is 3. The zero-order valence-electron chi connectivity index (χ0n) is 13.0. The molecule has 1 aliphatic heterocycles. The van der Waals surface area contributed by atoms with Crippen molar-refractivity contribution in [3.8, 4) is 0 Å². The number of amides is 1. The highest BCUT2D eigenvalue weighted by molar-refractivity contribution is 5.91. The van der Waals surface area contributed by atoms with Gasteiger partial charge in [-0.15, -0.1) is 12.4 Å². The van der Waals surface area contributed by atoms with E-state index in [4.69, 9.17) is 0 Å². The van der Waals surface area contributed by atoms with Gasteiger partial charge >= 0.3 is 0 Å². The van der Waals surface area contributed by atoms with Crippen LogP contribution >= 0.6 is 12.4 Å². The van der Waals surface area contributed by atoms with E-state index in [1.54, 1.807) is 0 Å². The van der Waals surface area contributed by atoms with Gasteiger partial charge in [0.25, 0.3) is 0 Å². The van der Waals surface area contributed by atoms with E-state index >= 15 is 0 Å². The summed E-state index contributed by atoms with van der Waals surface area (Å²) in [6.07, 6.45) is 5.45. The van der Waals surface area contributed by atoms with Crippen molar-refractivity contribution in [3.05, 3.63) is 11.8 Å². The molecule has 4 atom stereocenters. The molecule has 1 amide bonds. The van der Waals surface area contributed by atoms with E-state index in [2.05, 4.69) is 26.9 Å². The summed E-state index contributed by atoms with van der Waals surface area (Å²) in [5.74, 6) is 3.69. The van der Waals surface area contributed by atoms with Crippen LogP contribution in [0.5, 0.6) is 0 Å². The summed E-state index contributed by atoms with van der Waals surface area (Å²) in [5.41, 5.74) is 1.22. The minimum Gasteiger partial charge on any atom is -0.316 e. The van der Waals surface area contributed by atoms with Gasteiger partial charge in [-0.2, -0.15) is 5.10 Å². The second-order valence-electron chi connectivity index (χ2n) is 7.19. The molecule has 1 saturated heterocycles. The molecule has 22 heavy (non-hydrogen) atoms. The van der Waals surface area contributed by atoms with Gasteiger partial charge in [0.15, 0.2) is 5.82 Å².